The van der Waals surface area contributed by atoms with E-state index in [0.29, 0.717) is 35.8 Å². The molecule has 2 amide bonds. The monoisotopic (exact) mass is 356 g/mol. The van der Waals surface area contributed by atoms with Crippen molar-refractivity contribution >= 4 is 17.5 Å². The summed E-state index contributed by atoms with van der Waals surface area (Å²) in [6.07, 6.45) is 0. The predicted octanol–water partition coefficient (Wildman–Crippen LogP) is 3.32. The number of nitrogens with zero attached hydrogens (tertiary/aromatic N) is 1. The van der Waals surface area contributed by atoms with Gasteiger partial charge in [0.2, 0.25) is 5.91 Å². The summed E-state index contributed by atoms with van der Waals surface area (Å²) >= 11 is 0. The average molecular weight is 356 g/mol. The number of rotatable bonds is 7. The van der Waals surface area contributed by atoms with Crippen molar-refractivity contribution in [3.8, 4) is 11.5 Å². The fourth-order valence-electron chi connectivity index (χ4n) is 2.60. The Morgan fingerprint density at radius 1 is 1.04 bits per heavy atom. The Morgan fingerprint density at radius 2 is 1.73 bits per heavy atom. The minimum absolute atomic E-state index is 0.00600. The highest BCUT2D eigenvalue weighted by molar-refractivity contribution is 6.05. The molecule has 2 aromatic carbocycles. The molecule has 0 aliphatic rings. The van der Waals surface area contributed by atoms with E-state index in [1.807, 2.05) is 31.2 Å². The lowest BCUT2D eigenvalue weighted by atomic mass is 10.1. The summed E-state index contributed by atoms with van der Waals surface area (Å²) in [7, 11) is 3.07. The first-order chi connectivity index (χ1) is 12.5. The molecule has 0 atom stereocenters. The average Bonchev–Trinajstić information content (AvgIpc) is 2.66. The van der Waals surface area contributed by atoms with Crippen molar-refractivity contribution in [2.45, 2.75) is 20.4 Å². The molecule has 0 saturated carbocycles. The Kier molecular flexibility index (Phi) is 6.60. The van der Waals surface area contributed by atoms with Crippen LogP contribution in [-0.2, 0) is 11.3 Å². The van der Waals surface area contributed by atoms with Gasteiger partial charge in [-0.05, 0) is 36.8 Å². The molecule has 2 rings (SSSR count). The van der Waals surface area contributed by atoms with E-state index in [4.69, 9.17) is 9.47 Å². The molecule has 0 aromatic heterocycles. The zero-order valence-electron chi connectivity index (χ0n) is 15.5. The smallest absolute Gasteiger partial charge is 0.255 e. The number of anilines is 1. The van der Waals surface area contributed by atoms with E-state index < -0.39 is 0 Å². The standard InChI is InChI=1S/C20H24N2O4/c1-5-22(14(2)23)13-16-8-6-7-9-17(16)21-20(24)15-10-11-18(25-3)19(12-15)26-4/h6-12H,5,13H2,1-4H3,(H,21,24). The molecule has 0 saturated heterocycles. The lowest BCUT2D eigenvalue weighted by molar-refractivity contribution is -0.129. The van der Waals surface area contributed by atoms with Crippen molar-refractivity contribution in [1.82, 2.24) is 4.90 Å². The first-order valence-corrected chi connectivity index (χ1v) is 8.37. The number of benzene rings is 2. The number of methoxy groups -OCH3 is 2. The van der Waals surface area contributed by atoms with Gasteiger partial charge in [0, 0.05) is 31.3 Å². The molecule has 138 valence electrons. The molecular weight excluding hydrogens is 332 g/mol. The van der Waals surface area contributed by atoms with Gasteiger partial charge in [0.25, 0.3) is 5.91 Å². The zero-order chi connectivity index (χ0) is 19.1. The number of carbonyl (C=O) groups is 2. The highest BCUT2D eigenvalue weighted by Gasteiger charge is 2.14. The van der Waals surface area contributed by atoms with Crippen LogP contribution in [0.3, 0.4) is 0 Å². The Morgan fingerprint density at radius 3 is 2.35 bits per heavy atom. The third kappa shape index (κ3) is 4.53. The molecule has 0 heterocycles. The van der Waals surface area contributed by atoms with Gasteiger partial charge in [0.15, 0.2) is 11.5 Å². The Hall–Kier alpha value is -3.02. The number of hydrogen-bond donors (Lipinski definition) is 1. The molecule has 6 heteroatoms. The van der Waals surface area contributed by atoms with Crippen molar-refractivity contribution in [3.05, 3.63) is 53.6 Å². The van der Waals surface area contributed by atoms with Crippen molar-refractivity contribution in [2.75, 3.05) is 26.1 Å². The summed E-state index contributed by atoms with van der Waals surface area (Å²) in [4.78, 5) is 26.0. The lowest BCUT2D eigenvalue weighted by Crippen LogP contribution is -2.28. The van der Waals surface area contributed by atoms with Gasteiger partial charge in [-0.15, -0.1) is 0 Å². The SMILES string of the molecule is CCN(Cc1ccccc1NC(=O)c1ccc(OC)c(OC)c1)C(C)=O. The van der Waals surface area contributed by atoms with Crippen LogP contribution in [0.2, 0.25) is 0 Å². The molecule has 0 aliphatic carbocycles. The molecule has 0 fully saturated rings. The quantitative estimate of drug-likeness (QED) is 0.826. The number of carbonyl (C=O) groups excluding carboxylic acids is 2. The van der Waals surface area contributed by atoms with E-state index in [1.54, 1.807) is 30.2 Å². The predicted molar refractivity (Wildman–Crippen MR) is 101 cm³/mol. The van der Waals surface area contributed by atoms with Crippen LogP contribution in [-0.4, -0.2) is 37.5 Å². The molecule has 6 nitrogen and oxygen atoms in total. The molecule has 0 bridgehead atoms. The Bertz CT molecular complexity index is 789. The van der Waals surface area contributed by atoms with Crippen molar-refractivity contribution < 1.29 is 19.1 Å². The van der Waals surface area contributed by atoms with E-state index in [9.17, 15) is 9.59 Å². The van der Waals surface area contributed by atoms with E-state index in [-0.39, 0.29) is 11.8 Å². The van der Waals surface area contributed by atoms with Crippen LogP contribution in [0.5, 0.6) is 11.5 Å². The molecule has 26 heavy (non-hydrogen) atoms. The fourth-order valence-corrected chi connectivity index (χ4v) is 2.60. The second-order valence-electron chi connectivity index (χ2n) is 5.71. The van der Waals surface area contributed by atoms with Crippen LogP contribution in [0.25, 0.3) is 0 Å². The highest BCUT2D eigenvalue weighted by atomic mass is 16.5. The molecule has 0 aliphatic heterocycles. The Labute approximate surface area is 153 Å². The van der Waals surface area contributed by atoms with E-state index in [2.05, 4.69) is 5.32 Å². The second-order valence-corrected chi connectivity index (χ2v) is 5.71. The van der Waals surface area contributed by atoms with Crippen LogP contribution in [0.1, 0.15) is 29.8 Å². The summed E-state index contributed by atoms with van der Waals surface area (Å²) in [6, 6.07) is 12.4. The number of para-hydroxylation sites is 1. The van der Waals surface area contributed by atoms with E-state index in [1.165, 1.54) is 14.0 Å². The summed E-state index contributed by atoms with van der Waals surface area (Å²) < 4.78 is 10.4. The number of nitrogens with one attached hydrogen (secondary N) is 1. The number of ether oxygens (including phenoxy) is 2. The maximum Gasteiger partial charge on any atom is 0.255 e. The minimum Gasteiger partial charge on any atom is -0.493 e. The van der Waals surface area contributed by atoms with Gasteiger partial charge >= 0.3 is 0 Å². The van der Waals surface area contributed by atoms with Gasteiger partial charge in [-0.25, -0.2) is 0 Å². The van der Waals surface area contributed by atoms with Crippen LogP contribution in [0, 0.1) is 0 Å². The molecule has 1 N–H and O–H groups in total. The zero-order valence-corrected chi connectivity index (χ0v) is 15.5. The van der Waals surface area contributed by atoms with E-state index >= 15 is 0 Å². The summed E-state index contributed by atoms with van der Waals surface area (Å²) in [6.45, 7) is 4.50. The largest absolute Gasteiger partial charge is 0.493 e. The minimum atomic E-state index is -0.260. The van der Waals surface area contributed by atoms with Crippen LogP contribution in [0.4, 0.5) is 5.69 Å². The summed E-state index contributed by atoms with van der Waals surface area (Å²) in [5.74, 6) is 0.782. The van der Waals surface area contributed by atoms with Gasteiger partial charge in [-0.1, -0.05) is 18.2 Å². The lowest BCUT2D eigenvalue weighted by Gasteiger charge is -2.21. The first-order valence-electron chi connectivity index (χ1n) is 8.37. The van der Waals surface area contributed by atoms with Crippen molar-refractivity contribution in [2.24, 2.45) is 0 Å². The van der Waals surface area contributed by atoms with Crippen molar-refractivity contribution in [1.29, 1.82) is 0 Å². The van der Waals surface area contributed by atoms with Gasteiger partial charge < -0.3 is 19.7 Å². The topological polar surface area (TPSA) is 67.9 Å². The molecule has 0 spiro atoms. The maximum atomic E-state index is 12.6. The first kappa shape index (κ1) is 19.3. The maximum absolute atomic E-state index is 12.6. The van der Waals surface area contributed by atoms with Crippen molar-refractivity contribution in [3.63, 3.8) is 0 Å². The summed E-state index contributed by atoms with van der Waals surface area (Å²) in [5, 5.41) is 2.91. The summed E-state index contributed by atoms with van der Waals surface area (Å²) in [5.41, 5.74) is 2.00. The van der Waals surface area contributed by atoms with Crippen LogP contribution >= 0.6 is 0 Å². The van der Waals surface area contributed by atoms with Gasteiger partial charge in [-0.3, -0.25) is 9.59 Å². The van der Waals surface area contributed by atoms with Crippen LogP contribution in [0.15, 0.2) is 42.5 Å². The molecule has 2 aromatic rings. The third-order valence-corrected chi connectivity index (χ3v) is 4.10. The fraction of sp³-hybridized carbons (Fsp3) is 0.300. The van der Waals surface area contributed by atoms with E-state index in [0.717, 1.165) is 5.56 Å². The highest BCUT2D eigenvalue weighted by Crippen LogP contribution is 2.28. The second kappa shape index (κ2) is 8.89. The Balaban J connectivity index is 2.23. The van der Waals surface area contributed by atoms with Gasteiger partial charge in [-0.2, -0.15) is 0 Å². The van der Waals surface area contributed by atoms with Gasteiger partial charge in [0.1, 0.15) is 0 Å². The molecule has 0 radical (unpaired) electrons. The molecular formula is C20H24N2O4. The molecule has 0 unspecified atom stereocenters. The van der Waals surface area contributed by atoms with Crippen LogP contribution < -0.4 is 14.8 Å². The normalized spacial score (nSPS) is 10.2. The number of hydrogen-bond acceptors (Lipinski definition) is 4. The third-order valence-electron chi connectivity index (χ3n) is 4.10. The number of amides is 2. The van der Waals surface area contributed by atoms with Gasteiger partial charge in [0.05, 0.1) is 14.2 Å².